The van der Waals surface area contributed by atoms with Gasteiger partial charge in [-0.1, -0.05) is 6.92 Å². The fourth-order valence-electron chi connectivity index (χ4n) is 5.09. The van der Waals surface area contributed by atoms with Crippen LogP contribution in [0.4, 0.5) is 5.95 Å². The average Bonchev–Trinajstić information content (AvgIpc) is 3.08. The number of amides is 1. The molecular formula is C19H29N5O. The number of carbonyl (C=O) groups excluding carboxylic acids is 1. The van der Waals surface area contributed by atoms with E-state index in [-0.39, 0.29) is 17.4 Å². The molecule has 2 atom stereocenters. The van der Waals surface area contributed by atoms with Gasteiger partial charge in [-0.25, -0.2) is 9.97 Å². The molecule has 0 aliphatic carbocycles. The minimum absolute atomic E-state index is 0.0143. The molecule has 0 unspecified atom stereocenters. The van der Waals surface area contributed by atoms with Crippen LogP contribution in [0.15, 0.2) is 6.07 Å². The first kappa shape index (κ1) is 16.8. The number of rotatable bonds is 3. The van der Waals surface area contributed by atoms with Crippen molar-refractivity contribution < 1.29 is 4.79 Å². The van der Waals surface area contributed by atoms with Crippen molar-refractivity contribution in [1.29, 1.82) is 0 Å². The van der Waals surface area contributed by atoms with E-state index >= 15 is 0 Å². The maximum absolute atomic E-state index is 12.5. The van der Waals surface area contributed by atoms with Gasteiger partial charge in [0.05, 0.1) is 5.92 Å². The number of hydrogen-bond donors (Lipinski definition) is 1. The van der Waals surface area contributed by atoms with Gasteiger partial charge in [0.2, 0.25) is 11.9 Å². The fourth-order valence-corrected chi connectivity index (χ4v) is 5.09. The SMILES string of the molecule is CCCN1C[C@@H]2C(=O)NC3(CCN(c4nc(C)cc(C)n4)CC3)[C@@H]2C1. The smallest absolute Gasteiger partial charge is 0.225 e. The number of anilines is 1. The van der Waals surface area contributed by atoms with Crippen molar-refractivity contribution in [2.24, 2.45) is 11.8 Å². The number of fused-ring (bicyclic) bond motifs is 2. The van der Waals surface area contributed by atoms with Crippen LogP contribution in [-0.4, -0.2) is 59.0 Å². The number of carbonyl (C=O) groups is 1. The van der Waals surface area contributed by atoms with Crippen molar-refractivity contribution in [3.63, 3.8) is 0 Å². The Kier molecular flexibility index (Phi) is 4.18. The van der Waals surface area contributed by atoms with Gasteiger partial charge in [0, 0.05) is 49.0 Å². The second kappa shape index (κ2) is 6.24. The maximum atomic E-state index is 12.5. The monoisotopic (exact) mass is 343 g/mol. The molecule has 3 aliphatic rings. The maximum Gasteiger partial charge on any atom is 0.225 e. The number of aryl methyl sites for hydroxylation is 2. The molecule has 0 aromatic carbocycles. The van der Waals surface area contributed by atoms with E-state index in [0.29, 0.717) is 5.92 Å². The predicted molar refractivity (Wildman–Crippen MR) is 97.5 cm³/mol. The predicted octanol–water partition coefficient (Wildman–Crippen LogP) is 1.52. The molecule has 3 aliphatic heterocycles. The van der Waals surface area contributed by atoms with Crippen LogP contribution in [0.2, 0.25) is 0 Å². The Hall–Kier alpha value is -1.69. The summed E-state index contributed by atoms with van der Waals surface area (Å²) < 4.78 is 0. The van der Waals surface area contributed by atoms with Crippen LogP contribution in [-0.2, 0) is 4.79 Å². The second-order valence-corrected chi connectivity index (χ2v) is 8.06. The van der Waals surface area contributed by atoms with E-state index in [1.807, 2.05) is 19.9 Å². The Bertz CT molecular complexity index is 648. The zero-order chi connectivity index (χ0) is 17.6. The highest BCUT2D eigenvalue weighted by Crippen LogP contribution is 2.44. The first-order valence-electron chi connectivity index (χ1n) is 9.62. The minimum Gasteiger partial charge on any atom is -0.350 e. The normalized spacial score (nSPS) is 28.4. The molecule has 3 fully saturated rings. The summed E-state index contributed by atoms with van der Waals surface area (Å²) in [5, 5.41) is 3.40. The lowest BCUT2D eigenvalue weighted by Crippen LogP contribution is -2.55. The van der Waals surface area contributed by atoms with E-state index in [2.05, 4.69) is 32.0 Å². The number of aromatic nitrogens is 2. The van der Waals surface area contributed by atoms with Gasteiger partial charge in [-0.05, 0) is 45.7 Å². The third-order valence-corrected chi connectivity index (χ3v) is 6.26. The minimum atomic E-state index is -0.0143. The van der Waals surface area contributed by atoms with E-state index in [9.17, 15) is 4.79 Å². The van der Waals surface area contributed by atoms with E-state index in [0.717, 1.165) is 69.3 Å². The Morgan fingerprint density at radius 2 is 1.88 bits per heavy atom. The summed E-state index contributed by atoms with van der Waals surface area (Å²) >= 11 is 0. The number of nitrogens with zero attached hydrogens (tertiary/aromatic N) is 4. The lowest BCUT2D eigenvalue weighted by Gasteiger charge is -2.42. The highest BCUT2D eigenvalue weighted by Gasteiger charge is 2.57. The molecule has 4 heterocycles. The van der Waals surface area contributed by atoms with E-state index in [4.69, 9.17) is 0 Å². The Morgan fingerprint density at radius 1 is 1.20 bits per heavy atom. The molecule has 3 saturated heterocycles. The first-order chi connectivity index (χ1) is 12.0. The van der Waals surface area contributed by atoms with E-state index < -0.39 is 0 Å². The highest BCUT2D eigenvalue weighted by molar-refractivity contribution is 5.83. The molecular weight excluding hydrogens is 314 g/mol. The van der Waals surface area contributed by atoms with Crippen LogP contribution in [0, 0.1) is 25.7 Å². The highest BCUT2D eigenvalue weighted by atomic mass is 16.2. The van der Waals surface area contributed by atoms with E-state index in [1.54, 1.807) is 0 Å². The first-order valence-corrected chi connectivity index (χ1v) is 9.62. The van der Waals surface area contributed by atoms with Crippen LogP contribution in [0.1, 0.15) is 37.6 Å². The van der Waals surface area contributed by atoms with Gasteiger partial charge in [0.15, 0.2) is 0 Å². The fraction of sp³-hybridized carbons (Fsp3) is 0.737. The van der Waals surface area contributed by atoms with Crippen molar-refractivity contribution >= 4 is 11.9 Å². The van der Waals surface area contributed by atoms with Gasteiger partial charge >= 0.3 is 0 Å². The largest absolute Gasteiger partial charge is 0.350 e. The molecule has 0 saturated carbocycles. The van der Waals surface area contributed by atoms with Crippen LogP contribution in [0.5, 0.6) is 0 Å². The molecule has 6 heteroatoms. The molecule has 1 aromatic rings. The third kappa shape index (κ3) is 2.90. The summed E-state index contributed by atoms with van der Waals surface area (Å²) in [5.41, 5.74) is 2.02. The molecule has 0 bridgehead atoms. The number of piperidine rings is 1. The third-order valence-electron chi connectivity index (χ3n) is 6.26. The molecule has 1 N–H and O–H groups in total. The topological polar surface area (TPSA) is 61.4 Å². The summed E-state index contributed by atoms with van der Waals surface area (Å²) in [4.78, 5) is 26.5. The molecule has 0 radical (unpaired) electrons. The Balaban J connectivity index is 1.48. The molecule has 4 rings (SSSR count). The molecule has 6 nitrogen and oxygen atoms in total. The van der Waals surface area contributed by atoms with Crippen molar-refractivity contribution in [2.45, 2.75) is 45.6 Å². The van der Waals surface area contributed by atoms with Gasteiger partial charge in [0.1, 0.15) is 0 Å². The molecule has 25 heavy (non-hydrogen) atoms. The van der Waals surface area contributed by atoms with Crippen molar-refractivity contribution in [1.82, 2.24) is 20.2 Å². The Labute approximate surface area is 150 Å². The van der Waals surface area contributed by atoms with Crippen molar-refractivity contribution in [2.75, 3.05) is 37.6 Å². The summed E-state index contributed by atoms with van der Waals surface area (Å²) in [7, 11) is 0. The van der Waals surface area contributed by atoms with Crippen LogP contribution < -0.4 is 10.2 Å². The summed E-state index contributed by atoms with van der Waals surface area (Å²) in [6, 6.07) is 2.01. The van der Waals surface area contributed by atoms with Gasteiger partial charge in [-0.3, -0.25) is 4.79 Å². The number of nitrogens with one attached hydrogen (secondary N) is 1. The quantitative estimate of drug-likeness (QED) is 0.902. The zero-order valence-corrected chi connectivity index (χ0v) is 15.6. The van der Waals surface area contributed by atoms with Gasteiger partial charge in [0.25, 0.3) is 0 Å². The summed E-state index contributed by atoms with van der Waals surface area (Å²) in [6.45, 7) is 11.2. The second-order valence-electron chi connectivity index (χ2n) is 8.06. The zero-order valence-electron chi connectivity index (χ0n) is 15.6. The number of likely N-dealkylation sites (tertiary alicyclic amines) is 1. The summed E-state index contributed by atoms with van der Waals surface area (Å²) in [5.74, 6) is 1.77. The number of hydrogen-bond acceptors (Lipinski definition) is 5. The van der Waals surface area contributed by atoms with Crippen LogP contribution in [0.25, 0.3) is 0 Å². The van der Waals surface area contributed by atoms with Crippen molar-refractivity contribution in [3.05, 3.63) is 17.5 Å². The van der Waals surface area contributed by atoms with Gasteiger partial charge in [-0.15, -0.1) is 0 Å². The van der Waals surface area contributed by atoms with Crippen LogP contribution in [0.3, 0.4) is 0 Å². The average molecular weight is 343 g/mol. The molecule has 136 valence electrons. The molecule has 1 aromatic heterocycles. The standard InChI is InChI=1S/C19H29N5O/c1-4-7-23-11-15-16(12-23)19(22-17(15)25)5-8-24(9-6-19)18-20-13(2)10-14(3)21-18/h10,15-16H,4-9,11-12H2,1-3H3,(H,22,25)/t15-,16+/m0/s1. The summed E-state index contributed by atoms with van der Waals surface area (Å²) in [6.07, 6.45) is 3.15. The van der Waals surface area contributed by atoms with Crippen LogP contribution >= 0.6 is 0 Å². The van der Waals surface area contributed by atoms with Crippen molar-refractivity contribution in [3.8, 4) is 0 Å². The molecule has 1 spiro atoms. The van der Waals surface area contributed by atoms with Gasteiger partial charge in [-0.2, -0.15) is 0 Å². The lowest BCUT2D eigenvalue weighted by atomic mass is 9.75. The lowest BCUT2D eigenvalue weighted by molar-refractivity contribution is -0.123. The molecule has 1 amide bonds. The van der Waals surface area contributed by atoms with E-state index in [1.165, 1.54) is 0 Å². The van der Waals surface area contributed by atoms with Gasteiger partial charge < -0.3 is 15.1 Å². The Morgan fingerprint density at radius 3 is 2.52 bits per heavy atom.